The number of nitrogens with zero attached hydrogens (tertiary/aromatic N) is 3. The van der Waals surface area contributed by atoms with Crippen LogP contribution in [0.3, 0.4) is 0 Å². The van der Waals surface area contributed by atoms with E-state index in [0.717, 1.165) is 16.9 Å². The Morgan fingerprint density at radius 2 is 1.89 bits per heavy atom. The van der Waals surface area contributed by atoms with Crippen molar-refractivity contribution in [1.29, 1.82) is 0 Å². The minimum atomic E-state index is 0.130. The Hall–Kier alpha value is -1.39. The highest BCUT2D eigenvalue weighted by atomic mass is 16.3. The summed E-state index contributed by atoms with van der Waals surface area (Å²) >= 11 is 0. The van der Waals surface area contributed by atoms with E-state index in [0.29, 0.717) is 6.54 Å². The molecule has 0 fully saturated rings. The molecular formula is C15H23N3O. The van der Waals surface area contributed by atoms with Gasteiger partial charge in [0.05, 0.1) is 23.7 Å². The fourth-order valence-corrected chi connectivity index (χ4v) is 2.28. The van der Waals surface area contributed by atoms with E-state index in [1.54, 1.807) is 0 Å². The molecule has 0 aliphatic heterocycles. The Morgan fingerprint density at radius 3 is 2.47 bits per heavy atom. The van der Waals surface area contributed by atoms with Crippen LogP contribution < -0.4 is 0 Å². The van der Waals surface area contributed by atoms with Crippen LogP contribution in [-0.4, -0.2) is 40.3 Å². The van der Waals surface area contributed by atoms with Gasteiger partial charge in [-0.1, -0.05) is 0 Å². The van der Waals surface area contributed by atoms with Crippen molar-refractivity contribution in [1.82, 2.24) is 14.5 Å². The number of aromatic nitrogens is 2. The van der Waals surface area contributed by atoms with Crippen molar-refractivity contribution in [2.24, 2.45) is 0 Å². The second kappa shape index (κ2) is 5.31. The maximum Gasteiger partial charge on any atom is 0.127 e. The monoisotopic (exact) mass is 261 g/mol. The molecule has 0 saturated heterocycles. The summed E-state index contributed by atoms with van der Waals surface area (Å²) in [6.45, 7) is 7.07. The molecule has 104 valence electrons. The van der Waals surface area contributed by atoms with Gasteiger partial charge in [0.15, 0.2) is 0 Å². The Bertz CT molecular complexity index is 587. The Balaban J connectivity index is 2.66. The predicted molar refractivity (Wildman–Crippen MR) is 78.4 cm³/mol. The maximum atomic E-state index is 9.30. The molecule has 0 aliphatic carbocycles. The molecule has 2 rings (SSSR count). The molecule has 19 heavy (non-hydrogen) atoms. The largest absolute Gasteiger partial charge is 0.395 e. The summed E-state index contributed by atoms with van der Waals surface area (Å²) in [5, 5.41) is 9.30. The number of aliphatic hydroxyl groups excluding tert-OH is 1. The van der Waals surface area contributed by atoms with E-state index in [4.69, 9.17) is 4.98 Å². The summed E-state index contributed by atoms with van der Waals surface area (Å²) in [5.74, 6) is 1.01. The maximum absolute atomic E-state index is 9.30. The van der Waals surface area contributed by atoms with Gasteiger partial charge in [0.25, 0.3) is 0 Å². The predicted octanol–water partition coefficient (Wildman–Crippen LogP) is 2.27. The molecule has 0 bridgehead atoms. The number of rotatable bonds is 4. The van der Waals surface area contributed by atoms with E-state index >= 15 is 0 Å². The molecule has 0 aliphatic rings. The fourth-order valence-electron chi connectivity index (χ4n) is 2.28. The molecule has 1 heterocycles. The molecule has 0 saturated carbocycles. The zero-order chi connectivity index (χ0) is 14.2. The van der Waals surface area contributed by atoms with E-state index < -0.39 is 0 Å². The molecule has 0 spiro atoms. The molecule has 1 atom stereocenters. The van der Waals surface area contributed by atoms with Gasteiger partial charge < -0.3 is 9.67 Å². The second-order valence-corrected chi connectivity index (χ2v) is 5.41. The molecule has 2 aromatic rings. The fraction of sp³-hybridized carbons (Fsp3) is 0.533. The van der Waals surface area contributed by atoms with Crippen molar-refractivity contribution >= 4 is 11.0 Å². The Labute approximate surface area is 114 Å². The molecule has 4 nitrogen and oxygen atoms in total. The van der Waals surface area contributed by atoms with Crippen LogP contribution in [-0.2, 0) is 6.54 Å². The van der Waals surface area contributed by atoms with Crippen molar-refractivity contribution in [2.45, 2.75) is 33.4 Å². The number of aryl methyl sites for hydroxylation is 2. The molecule has 1 N–H and O–H groups in total. The summed E-state index contributed by atoms with van der Waals surface area (Å²) in [6.07, 6.45) is 0. The van der Waals surface area contributed by atoms with Crippen LogP contribution in [0.1, 0.15) is 29.9 Å². The van der Waals surface area contributed by atoms with Gasteiger partial charge in [-0.15, -0.1) is 0 Å². The average Bonchev–Trinajstić information content (AvgIpc) is 2.68. The van der Waals surface area contributed by atoms with Crippen molar-refractivity contribution in [2.75, 3.05) is 20.7 Å². The Kier molecular flexibility index (Phi) is 3.92. The third-order valence-electron chi connectivity index (χ3n) is 3.87. The van der Waals surface area contributed by atoms with Crippen molar-refractivity contribution in [3.63, 3.8) is 0 Å². The van der Waals surface area contributed by atoms with Gasteiger partial charge in [-0.2, -0.15) is 0 Å². The van der Waals surface area contributed by atoms with Gasteiger partial charge in [-0.05, 0) is 58.1 Å². The smallest absolute Gasteiger partial charge is 0.127 e. The van der Waals surface area contributed by atoms with E-state index in [1.165, 1.54) is 11.1 Å². The van der Waals surface area contributed by atoms with Gasteiger partial charge in [0.1, 0.15) is 5.82 Å². The first kappa shape index (κ1) is 14.0. The molecular weight excluding hydrogens is 238 g/mol. The zero-order valence-corrected chi connectivity index (χ0v) is 12.4. The lowest BCUT2D eigenvalue weighted by atomic mass is 10.1. The summed E-state index contributed by atoms with van der Waals surface area (Å²) in [4.78, 5) is 6.90. The average molecular weight is 261 g/mol. The number of imidazole rings is 1. The summed E-state index contributed by atoms with van der Waals surface area (Å²) < 4.78 is 2.13. The number of benzene rings is 1. The van der Waals surface area contributed by atoms with Crippen molar-refractivity contribution in [3.8, 4) is 0 Å². The highest BCUT2D eigenvalue weighted by Crippen LogP contribution is 2.25. The first-order chi connectivity index (χ1) is 8.95. The quantitative estimate of drug-likeness (QED) is 0.918. The topological polar surface area (TPSA) is 41.3 Å². The molecule has 4 heteroatoms. The van der Waals surface area contributed by atoms with Crippen LogP contribution in [0.15, 0.2) is 12.1 Å². The highest BCUT2D eigenvalue weighted by Gasteiger charge is 2.18. The summed E-state index contributed by atoms with van der Waals surface area (Å²) in [6, 6.07) is 4.52. The molecule has 0 radical (unpaired) electrons. The first-order valence-electron chi connectivity index (χ1n) is 6.70. The minimum Gasteiger partial charge on any atom is -0.395 e. The SMILES string of the molecule is Cc1cc2nc(C(C)N(C)C)n(CCO)c2cc1C. The first-order valence-corrected chi connectivity index (χ1v) is 6.70. The third-order valence-corrected chi connectivity index (χ3v) is 3.87. The van der Waals surface area contributed by atoms with Gasteiger partial charge in [-0.25, -0.2) is 4.98 Å². The van der Waals surface area contributed by atoms with Gasteiger partial charge in [-0.3, -0.25) is 4.90 Å². The number of hydrogen-bond donors (Lipinski definition) is 1. The van der Waals surface area contributed by atoms with Gasteiger partial charge in [0, 0.05) is 6.54 Å². The standard InChI is InChI=1S/C15H23N3O/c1-10-8-13-14(9-11(10)2)18(6-7-19)15(16-13)12(3)17(4)5/h8-9,12,19H,6-7H2,1-5H3. The second-order valence-electron chi connectivity index (χ2n) is 5.41. The van der Waals surface area contributed by atoms with E-state index in [1.807, 2.05) is 14.1 Å². The number of aliphatic hydroxyl groups is 1. The van der Waals surface area contributed by atoms with Crippen LogP contribution >= 0.6 is 0 Å². The zero-order valence-electron chi connectivity index (χ0n) is 12.4. The number of hydrogen-bond acceptors (Lipinski definition) is 3. The van der Waals surface area contributed by atoms with Crippen molar-refractivity contribution in [3.05, 3.63) is 29.1 Å². The van der Waals surface area contributed by atoms with Crippen LogP contribution in [0.25, 0.3) is 11.0 Å². The Morgan fingerprint density at radius 1 is 1.26 bits per heavy atom. The van der Waals surface area contributed by atoms with Crippen LogP contribution in [0.2, 0.25) is 0 Å². The molecule has 1 aromatic heterocycles. The molecule has 0 amide bonds. The molecule has 1 aromatic carbocycles. The van der Waals surface area contributed by atoms with E-state index in [9.17, 15) is 5.11 Å². The minimum absolute atomic E-state index is 0.130. The van der Waals surface area contributed by atoms with E-state index in [2.05, 4.69) is 42.4 Å². The van der Waals surface area contributed by atoms with Gasteiger partial charge in [0.2, 0.25) is 0 Å². The lowest BCUT2D eigenvalue weighted by Gasteiger charge is -2.20. The van der Waals surface area contributed by atoms with Crippen LogP contribution in [0.4, 0.5) is 0 Å². The summed E-state index contributed by atoms with van der Waals surface area (Å²) in [7, 11) is 4.09. The van der Waals surface area contributed by atoms with Crippen molar-refractivity contribution < 1.29 is 5.11 Å². The normalized spacial score (nSPS) is 13.4. The summed E-state index contributed by atoms with van der Waals surface area (Å²) in [5.41, 5.74) is 4.64. The van der Waals surface area contributed by atoms with Crippen LogP contribution in [0, 0.1) is 13.8 Å². The third kappa shape index (κ3) is 2.51. The lowest BCUT2D eigenvalue weighted by Crippen LogP contribution is -2.21. The lowest BCUT2D eigenvalue weighted by molar-refractivity contribution is 0.262. The van der Waals surface area contributed by atoms with E-state index in [-0.39, 0.29) is 12.6 Å². The number of fused-ring (bicyclic) bond motifs is 1. The van der Waals surface area contributed by atoms with Gasteiger partial charge >= 0.3 is 0 Å². The highest BCUT2D eigenvalue weighted by molar-refractivity contribution is 5.78. The molecule has 1 unspecified atom stereocenters. The van der Waals surface area contributed by atoms with Crippen LogP contribution in [0.5, 0.6) is 0 Å².